The number of hydrogen-bond donors (Lipinski definition) is 0. The van der Waals surface area contributed by atoms with Crippen molar-refractivity contribution in [1.29, 1.82) is 0 Å². The third-order valence-electron chi connectivity index (χ3n) is 12.5. The molecule has 70 heavy (non-hydrogen) atoms. The molecule has 4 aliphatic heterocycles. The standard InChI is InChI=1S/C44H76N12O13S/c1-11-16-20-58-33-29(49-53-45)24(6)62-41(37(33)66-28(10)57)67-38-34(59-21-17-12-2)30(50-54-46)25(7)63-42(38)68-39-35(60-22-18-13-3)31(51-55-47)26(8)64-43(39)69-40-36(61-23-19-14-4)32(52-56-48)27(9)65-44(40)70-15-5/h24-27,29-44H,11-23H2,1-10H3/t24?,25?,26?,27?,29-,30-,31-,32-,33?,34?,35?,36?,37-,38-,39-,40-,41-,42-,43-,44-/m1/s1. The highest BCUT2D eigenvalue weighted by atomic mass is 32.2. The molecule has 26 heteroatoms. The maximum Gasteiger partial charge on any atom is 0.303 e. The summed E-state index contributed by atoms with van der Waals surface area (Å²) in [5.74, 6) is -0.0492. The van der Waals surface area contributed by atoms with Crippen molar-refractivity contribution >= 4 is 17.7 Å². The summed E-state index contributed by atoms with van der Waals surface area (Å²) < 4.78 is 79.3. The number of rotatable bonds is 29. The summed E-state index contributed by atoms with van der Waals surface area (Å²) in [6.45, 7) is 19.3. The Balaban J connectivity index is 1.93. The topological polar surface area (TPSA) is 323 Å². The highest BCUT2D eigenvalue weighted by Crippen LogP contribution is 2.41. The van der Waals surface area contributed by atoms with Gasteiger partial charge in [0, 0.05) is 53.0 Å². The third-order valence-corrected chi connectivity index (χ3v) is 13.6. The minimum Gasteiger partial charge on any atom is -0.454 e. The van der Waals surface area contributed by atoms with Crippen LogP contribution in [-0.2, 0) is 61.6 Å². The van der Waals surface area contributed by atoms with E-state index in [4.69, 9.17) is 56.8 Å². The van der Waals surface area contributed by atoms with Crippen LogP contribution in [0.5, 0.6) is 0 Å². The first-order valence-electron chi connectivity index (χ1n) is 24.9. The zero-order chi connectivity index (χ0) is 51.2. The van der Waals surface area contributed by atoms with Crippen LogP contribution < -0.4 is 0 Å². The molecule has 4 rings (SSSR count). The van der Waals surface area contributed by atoms with Gasteiger partial charge in [0.1, 0.15) is 29.9 Å². The van der Waals surface area contributed by atoms with E-state index in [1.54, 1.807) is 20.8 Å². The number of esters is 1. The summed E-state index contributed by atoms with van der Waals surface area (Å²) in [4.78, 5) is 25.4. The normalized spacial score (nSPS) is 37.5. The van der Waals surface area contributed by atoms with Gasteiger partial charge in [0.15, 0.2) is 25.0 Å². The van der Waals surface area contributed by atoms with Gasteiger partial charge in [-0.3, -0.25) is 4.79 Å². The second-order valence-electron chi connectivity index (χ2n) is 17.7. The molecule has 4 aliphatic rings. The van der Waals surface area contributed by atoms with Crippen LogP contribution in [0.4, 0.5) is 0 Å². The van der Waals surface area contributed by atoms with Crippen LogP contribution in [0.15, 0.2) is 20.5 Å². The highest BCUT2D eigenvalue weighted by molar-refractivity contribution is 7.99. The smallest absolute Gasteiger partial charge is 0.303 e. The molecule has 0 spiro atoms. The summed E-state index contributed by atoms with van der Waals surface area (Å²) in [5, 5.41) is 16.4. The van der Waals surface area contributed by atoms with Gasteiger partial charge in [-0.2, -0.15) is 0 Å². The van der Waals surface area contributed by atoms with Crippen LogP contribution in [0, 0.1) is 0 Å². The van der Waals surface area contributed by atoms with Gasteiger partial charge < -0.3 is 56.8 Å². The fraction of sp³-hybridized carbons (Fsp3) is 0.977. The number of hydrogen-bond acceptors (Lipinski definition) is 18. The molecule has 0 amide bonds. The number of thioether (sulfide) groups is 1. The lowest BCUT2D eigenvalue weighted by Crippen LogP contribution is -2.67. The van der Waals surface area contributed by atoms with E-state index in [1.165, 1.54) is 18.7 Å². The van der Waals surface area contributed by atoms with E-state index in [-0.39, 0.29) is 19.8 Å². The molecule has 0 aromatic rings. The summed E-state index contributed by atoms with van der Waals surface area (Å²) in [6.07, 6.45) is -10.0. The largest absolute Gasteiger partial charge is 0.454 e. The number of carbonyl (C=O) groups excluding carboxylic acids is 1. The minimum absolute atomic E-state index is 0.217. The third kappa shape index (κ3) is 16.1. The minimum atomic E-state index is -1.44. The Bertz CT molecular complexity index is 1780. The van der Waals surface area contributed by atoms with Crippen molar-refractivity contribution in [2.75, 3.05) is 32.2 Å². The maximum atomic E-state index is 12.9. The summed E-state index contributed by atoms with van der Waals surface area (Å²) in [7, 11) is 0. The van der Waals surface area contributed by atoms with Crippen molar-refractivity contribution in [2.24, 2.45) is 20.5 Å². The predicted molar refractivity (Wildman–Crippen MR) is 256 cm³/mol. The molecule has 0 N–H and O–H groups in total. The first kappa shape index (κ1) is 59.2. The summed E-state index contributed by atoms with van der Waals surface area (Å²) in [6, 6.07) is -3.66. The van der Waals surface area contributed by atoms with Gasteiger partial charge in [-0.25, -0.2) is 0 Å². The fourth-order valence-corrected chi connectivity index (χ4v) is 9.87. The van der Waals surface area contributed by atoms with E-state index in [0.29, 0.717) is 31.6 Å². The Morgan fingerprint density at radius 3 is 1.09 bits per heavy atom. The van der Waals surface area contributed by atoms with Gasteiger partial charge in [-0.15, -0.1) is 11.8 Å². The lowest BCUT2D eigenvalue weighted by molar-refractivity contribution is -0.383. The highest BCUT2D eigenvalue weighted by Gasteiger charge is 2.57. The van der Waals surface area contributed by atoms with Gasteiger partial charge in [0.25, 0.3) is 0 Å². The van der Waals surface area contributed by atoms with E-state index >= 15 is 0 Å². The van der Waals surface area contributed by atoms with Crippen LogP contribution in [0.1, 0.15) is 121 Å². The number of unbranched alkanes of at least 4 members (excludes halogenated alkanes) is 4. The zero-order valence-corrected chi connectivity index (χ0v) is 43.1. The number of nitrogens with zero attached hydrogens (tertiary/aromatic N) is 12. The zero-order valence-electron chi connectivity index (χ0n) is 42.3. The van der Waals surface area contributed by atoms with E-state index < -0.39 is 128 Å². The van der Waals surface area contributed by atoms with E-state index in [2.05, 4.69) is 40.1 Å². The molecule has 4 saturated heterocycles. The van der Waals surface area contributed by atoms with Gasteiger partial charge in [0.05, 0.1) is 66.9 Å². The van der Waals surface area contributed by atoms with Crippen molar-refractivity contribution in [2.45, 2.75) is 242 Å². The number of ether oxygens (including phenoxy) is 12. The Hall–Kier alpha value is -3.38. The van der Waals surface area contributed by atoms with Gasteiger partial charge in [-0.05, 0) is 81.3 Å². The molecular weight excluding hydrogens is 937 g/mol. The quantitative estimate of drug-likeness (QED) is 0.0222. The van der Waals surface area contributed by atoms with Crippen LogP contribution >= 0.6 is 11.8 Å². The molecule has 396 valence electrons. The molecule has 8 unspecified atom stereocenters. The van der Waals surface area contributed by atoms with E-state index in [9.17, 15) is 26.9 Å². The average Bonchev–Trinajstić information content (AvgIpc) is 3.32. The molecular formula is C44H76N12O13S. The second kappa shape index (κ2) is 31.3. The molecule has 20 atom stereocenters. The molecule has 25 nitrogen and oxygen atoms in total. The van der Waals surface area contributed by atoms with Crippen LogP contribution in [0.25, 0.3) is 41.8 Å². The van der Waals surface area contributed by atoms with Crippen molar-refractivity contribution in [3.05, 3.63) is 41.8 Å². The molecule has 0 aromatic heterocycles. The monoisotopic (exact) mass is 1010 g/mol. The van der Waals surface area contributed by atoms with Crippen molar-refractivity contribution in [3.8, 4) is 0 Å². The van der Waals surface area contributed by atoms with Crippen LogP contribution in [0.2, 0.25) is 0 Å². The lowest BCUT2D eigenvalue weighted by Gasteiger charge is -2.51. The SMILES string of the molecule is CCCCOC1[C@H](N=[N+]=[N-])C(C)O[C@H](O[C@@H]2C(OCCCC)[C@H](N=[N+]=[N-])C(C)O[C@@H]2O[C@@H]2C(OCCCC)[C@H](N=[N+]=[N-])C(C)O[C@@H]2O[C@@H]2C(OCCCC)[C@H](N=[N+]=[N-])C(C)O[C@@H]2SCC)[C@@H]1OC(C)=O. The molecule has 4 heterocycles. The number of azide groups is 4. The molecule has 0 saturated carbocycles. The number of carbonyl (C=O) groups is 1. The van der Waals surface area contributed by atoms with Crippen molar-refractivity contribution in [1.82, 2.24) is 0 Å². The Morgan fingerprint density at radius 2 is 0.771 bits per heavy atom. The Morgan fingerprint density at radius 1 is 0.471 bits per heavy atom. The van der Waals surface area contributed by atoms with Gasteiger partial charge in [0.2, 0.25) is 0 Å². The van der Waals surface area contributed by atoms with Crippen LogP contribution in [-0.4, -0.2) is 160 Å². The summed E-state index contributed by atoms with van der Waals surface area (Å²) >= 11 is 1.48. The first-order chi connectivity index (χ1) is 33.9. The summed E-state index contributed by atoms with van der Waals surface area (Å²) in [5.41, 5.74) is 38.6. The van der Waals surface area contributed by atoms with E-state index in [1.807, 2.05) is 41.5 Å². The van der Waals surface area contributed by atoms with Crippen molar-refractivity contribution in [3.63, 3.8) is 0 Å². The first-order valence-corrected chi connectivity index (χ1v) is 25.9. The van der Waals surface area contributed by atoms with Gasteiger partial charge >= 0.3 is 5.97 Å². The molecule has 0 aliphatic carbocycles. The van der Waals surface area contributed by atoms with E-state index in [0.717, 1.165) is 32.1 Å². The predicted octanol–water partition coefficient (Wildman–Crippen LogP) is 9.26. The molecule has 0 aromatic carbocycles. The molecule has 0 radical (unpaired) electrons. The fourth-order valence-electron chi connectivity index (χ4n) is 8.88. The van der Waals surface area contributed by atoms with Crippen molar-refractivity contribution < 1.29 is 61.6 Å². The lowest BCUT2D eigenvalue weighted by atomic mass is 9.94. The maximum absolute atomic E-state index is 12.9. The Kier molecular flexibility index (Phi) is 26.4. The average molecular weight is 1010 g/mol. The van der Waals surface area contributed by atoms with Crippen LogP contribution in [0.3, 0.4) is 0 Å². The second-order valence-corrected chi connectivity index (χ2v) is 19.1. The van der Waals surface area contributed by atoms with Gasteiger partial charge in [-0.1, -0.05) is 80.8 Å². The Labute approximate surface area is 415 Å². The molecule has 4 fully saturated rings. The molecule has 0 bridgehead atoms.